The van der Waals surface area contributed by atoms with E-state index in [0.717, 1.165) is 17.0 Å². The molecule has 2 aromatic carbocycles. The maximum absolute atomic E-state index is 13.2. The lowest BCUT2D eigenvalue weighted by Crippen LogP contribution is -2.52. The summed E-state index contributed by atoms with van der Waals surface area (Å²) in [6, 6.07) is 6.66. The molecule has 4 amide bonds. The Morgan fingerprint density at radius 1 is 0.946 bits per heavy atom. The number of alkyl halides is 3. The molecule has 2 aliphatic rings. The Hall–Kier alpha value is -4.09. The van der Waals surface area contributed by atoms with Gasteiger partial charge in [-0.25, -0.2) is 0 Å². The van der Waals surface area contributed by atoms with Crippen LogP contribution in [0.4, 0.5) is 18.9 Å². The fourth-order valence-corrected chi connectivity index (χ4v) is 4.37. The monoisotopic (exact) mass is 519 g/mol. The van der Waals surface area contributed by atoms with Crippen LogP contribution in [0.5, 0.6) is 17.2 Å². The summed E-state index contributed by atoms with van der Waals surface area (Å²) < 4.78 is 49.3. The van der Waals surface area contributed by atoms with Crippen molar-refractivity contribution >= 4 is 29.3 Å². The summed E-state index contributed by atoms with van der Waals surface area (Å²) in [5.74, 6) is -1.32. The third kappa shape index (κ3) is 5.37. The van der Waals surface area contributed by atoms with Gasteiger partial charge in [0.05, 0.1) is 18.4 Å². The molecule has 2 unspecified atom stereocenters. The van der Waals surface area contributed by atoms with Gasteiger partial charge in [0.2, 0.25) is 17.7 Å². The van der Waals surface area contributed by atoms with E-state index < -0.39 is 41.5 Å². The van der Waals surface area contributed by atoms with E-state index in [4.69, 9.17) is 9.47 Å². The highest BCUT2D eigenvalue weighted by Gasteiger charge is 2.45. The predicted molar refractivity (Wildman–Crippen MR) is 124 cm³/mol. The van der Waals surface area contributed by atoms with Crippen molar-refractivity contribution < 1.29 is 41.8 Å². The number of benzene rings is 2. The number of likely N-dealkylation sites (N-methyl/N-ethyl adjacent to an activating group) is 1. The van der Waals surface area contributed by atoms with Gasteiger partial charge in [-0.3, -0.25) is 24.1 Å². The van der Waals surface area contributed by atoms with Crippen LogP contribution in [-0.2, 0) is 25.4 Å². The number of nitrogens with zero attached hydrogens (tertiary/aromatic N) is 2. The average molecular weight is 519 g/mol. The number of hydrogen-bond acceptors (Lipinski definition) is 6. The van der Waals surface area contributed by atoms with Crippen LogP contribution in [0.1, 0.15) is 31.2 Å². The fraction of sp³-hybridized carbons (Fsp3) is 0.360. The molecule has 12 heteroatoms. The molecule has 2 fully saturated rings. The van der Waals surface area contributed by atoms with Crippen molar-refractivity contribution in [2.75, 3.05) is 19.5 Å². The minimum atomic E-state index is -4.48. The Balaban J connectivity index is 1.51. The molecule has 0 radical (unpaired) electrons. The molecule has 37 heavy (non-hydrogen) atoms. The van der Waals surface area contributed by atoms with E-state index in [9.17, 15) is 32.3 Å². The Morgan fingerprint density at radius 2 is 1.57 bits per heavy atom. The summed E-state index contributed by atoms with van der Waals surface area (Å²) in [6.07, 6.45) is -3.90. The molecular formula is C25H24F3N3O6. The Labute approximate surface area is 210 Å². The normalized spacial score (nSPS) is 19.8. The molecule has 2 aromatic rings. The van der Waals surface area contributed by atoms with Gasteiger partial charge in [-0.15, -0.1) is 0 Å². The molecule has 196 valence electrons. The largest absolute Gasteiger partial charge is 0.495 e. The molecule has 1 N–H and O–H groups in total. The van der Waals surface area contributed by atoms with Gasteiger partial charge in [0.1, 0.15) is 29.3 Å². The second-order valence-electron chi connectivity index (χ2n) is 8.69. The Morgan fingerprint density at radius 3 is 2.16 bits per heavy atom. The number of carbonyl (C=O) groups is 4. The zero-order chi connectivity index (χ0) is 26.9. The van der Waals surface area contributed by atoms with Gasteiger partial charge in [0.25, 0.3) is 5.91 Å². The van der Waals surface area contributed by atoms with Crippen LogP contribution in [0.2, 0.25) is 0 Å². The molecule has 4 rings (SSSR count). The van der Waals surface area contributed by atoms with Crippen molar-refractivity contribution in [2.45, 2.75) is 43.9 Å². The highest BCUT2D eigenvalue weighted by atomic mass is 19.4. The van der Waals surface area contributed by atoms with Gasteiger partial charge in [-0.2, -0.15) is 13.2 Å². The molecule has 2 heterocycles. The van der Waals surface area contributed by atoms with Gasteiger partial charge >= 0.3 is 6.18 Å². The number of methoxy groups -OCH3 is 1. The predicted octanol–water partition coefficient (Wildman–Crippen LogP) is 3.58. The van der Waals surface area contributed by atoms with Gasteiger partial charge in [-0.05, 0) is 49.2 Å². The summed E-state index contributed by atoms with van der Waals surface area (Å²) >= 11 is 0. The molecule has 0 saturated carbocycles. The van der Waals surface area contributed by atoms with E-state index in [-0.39, 0.29) is 54.5 Å². The van der Waals surface area contributed by atoms with Gasteiger partial charge in [0, 0.05) is 26.0 Å². The second-order valence-corrected chi connectivity index (χ2v) is 8.69. The van der Waals surface area contributed by atoms with Crippen LogP contribution < -0.4 is 14.8 Å². The van der Waals surface area contributed by atoms with Crippen molar-refractivity contribution in [2.24, 2.45) is 0 Å². The maximum Gasteiger partial charge on any atom is 0.416 e. The van der Waals surface area contributed by atoms with Crippen molar-refractivity contribution in [3.05, 3.63) is 48.0 Å². The summed E-state index contributed by atoms with van der Waals surface area (Å²) in [4.78, 5) is 52.8. The smallest absolute Gasteiger partial charge is 0.416 e. The van der Waals surface area contributed by atoms with Crippen LogP contribution in [0.25, 0.3) is 0 Å². The quantitative estimate of drug-likeness (QED) is 0.585. The highest BCUT2D eigenvalue weighted by Crippen LogP contribution is 2.35. The number of imide groups is 1. The van der Waals surface area contributed by atoms with E-state index >= 15 is 0 Å². The van der Waals surface area contributed by atoms with Crippen molar-refractivity contribution in [1.82, 2.24) is 9.80 Å². The second kappa shape index (κ2) is 10.1. The molecule has 0 bridgehead atoms. The number of rotatable bonds is 6. The standard InChI is InChI=1S/C25H24F3N3O6/c1-30-19(9-11-21(30)32)24(35)31-18(8-12-22(31)33)23(34)29-17-13-16(7-10-20(17)36-2)37-15-5-3-14(4-6-15)25(26,27)28/h3-7,10,13,18-19H,8-9,11-12H2,1-2H3,(H,29,34). The van der Waals surface area contributed by atoms with Crippen LogP contribution in [0, 0.1) is 0 Å². The first-order valence-electron chi connectivity index (χ1n) is 11.4. The first-order valence-corrected chi connectivity index (χ1v) is 11.4. The van der Waals surface area contributed by atoms with Crippen LogP contribution in [0.15, 0.2) is 42.5 Å². The summed E-state index contributed by atoms with van der Waals surface area (Å²) in [5, 5.41) is 2.66. The van der Waals surface area contributed by atoms with Crippen molar-refractivity contribution in [3.63, 3.8) is 0 Å². The lowest BCUT2D eigenvalue weighted by atomic mass is 10.1. The first-order chi connectivity index (χ1) is 17.5. The highest BCUT2D eigenvalue weighted by molar-refractivity contribution is 6.08. The topological polar surface area (TPSA) is 105 Å². The van der Waals surface area contributed by atoms with Gasteiger partial charge in [0.15, 0.2) is 0 Å². The lowest BCUT2D eigenvalue weighted by Gasteiger charge is -2.28. The molecule has 0 aromatic heterocycles. The average Bonchev–Trinajstić information content (AvgIpc) is 3.40. The summed E-state index contributed by atoms with van der Waals surface area (Å²) in [7, 11) is 2.86. The van der Waals surface area contributed by atoms with E-state index in [0.29, 0.717) is 0 Å². The molecule has 2 atom stereocenters. The number of carbonyl (C=O) groups excluding carboxylic acids is 4. The van der Waals surface area contributed by atoms with Crippen LogP contribution in [0.3, 0.4) is 0 Å². The van der Waals surface area contributed by atoms with E-state index in [2.05, 4.69) is 5.32 Å². The Kier molecular flexibility index (Phi) is 7.10. The zero-order valence-electron chi connectivity index (χ0n) is 20.0. The summed E-state index contributed by atoms with van der Waals surface area (Å²) in [5.41, 5.74) is -0.641. The number of ether oxygens (including phenoxy) is 2. The fourth-order valence-electron chi connectivity index (χ4n) is 4.37. The molecule has 2 saturated heterocycles. The molecule has 0 spiro atoms. The van der Waals surface area contributed by atoms with Crippen LogP contribution in [-0.4, -0.2) is 59.7 Å². The molecule has 0 aliphatic carbocycles. The Bertz CT molecular complexity index is 1230. The van der Waals surface area contributed by atoms with Crippen molar-refractivity contribution in [3.8, 4) is 17.2 Å². The van der Waals surface area contributed by atoms with Crippen LogP contribution >= 0.6 is 0 Å². The number of nitrogens with one attached hydrogen (secondary N) is 1. The SMILES string of the molecule is COc1ccc(Oc2ccc(C(F)(F)F)cc2)cc1NC(=O)C1CCC(=O)N1C(=O)C1CCC(=O)N1C. The maximum atomic E-state index is 13.2. The third-order valence-electron chi connectivity index (χ3n) is 6.38. The number of amides is 4. The molecular weight excluding hydrogens is 495 g/mol. The van der Waals surface area contributed by atoms with E-state index in [1.807, 2.05) is 0 Å². The number of hydrogen-bond donors (Lipinski definition) is 1. The number of halogens is 3. The minimum absolute atomic E-state index is 0.00239. The molecule has 9 nitrogen and oxygen atoms in total. The third-order valence-corrected chi connectivity index (χ3v) is 6.38. The van der Waals surface area contributed by atoms with E-state index in [1.165, 1.54) is 49.4 Å². The van der Waals surface area contributed by atoms with Crippen molar-refractivity contribution in [1.29, 1.82) is 0 Å². The van der Waals surface area contributed by atoms with Gasteiger partial charge in [-0.1, -0.05) is 0 Å². The van der Waals surface area contributed by atoms with Gasteiger partial charge < -0.3 is 19.7 Å². The van der Waals surface area contributed by atoms with E-state index in [1.54, 1.807) is 0 Å². The zero-order valence-corrected chi connectivity index (χ0v) is 20.0. The first kappa shape index (κ1) is 26.0. The summed E-state index contributed by atoms with van der Waals surface area (Å²) in [6.45, 7) is 0. The molecule has 2 aliphatic heterocycles. The lowest BCUT2D eigenvalue weighted by molar-refractivity contribution is -0.151. The number of likely N-dealkylation sites (tertiary alicyclic amines) is 2. The number of anilines is 1. The minimum Gasteiger partial charge on any atom is -0.495 e.